The van der Waals surface area contributed by atoms with Crippen LogP contribution in [0.25, 0.3) is 0 Å². The standard InChI is InChI=1S/C13H23N3O/c1-4-16-6-5-15-13(16)8-12(14-3)11-7-10(2)17-9-11/h5-6,10-12,14H,4,7-9H2,1-3H3. The summed E-state index contributed by atoms with van der Waals surface area (Å²) in [5, 5.41) is 3.42. The predicted molar refractivity (Wildman–Crippen MR) is 68.0 cm³/mol. The van der Waals surface area contributed by atoms with Gasteiger partial charge >= 0.3 is 0 Å². The summed E-state index contributed by atoms with van der Waals surface area (Å²) < 4.78 is 7.87. The van der Waals surface area contributed by atoms with E-state index in [0.29, 0.717) is 18.1 Å². The topological polar surface area (TPSA) is 39.1 Å². The number of ether oxygens (including phenoxy) is 1. The van der Waals surface area contributed by atoms with E-state index in [-0.39, 0.29) is 0 Å². The molecule has 1 aliphatic heterocycles. The number of rotatable bonds is 5. The Morgan fingerprint density at radius 1 is 1.65 bits per heavy atom. The minimum atomic E-state index is 0.404. The molecule has 17 heavy (non-hydrogen) atoms. The van der Waals surface area contributed by atoms with Gasteiger partial charge in [-0.1, -0.05) is 0 Å². The van der Waals surface area contributed by atoms with Gasteiger partial charge in [0.1, 0.15) is 5.82 Å². The highest BCUT2D eigenvalue weighted by molar-refractivity contribution is 4.97. The molecule has 1 aromatic rings. The lowest BCUT2D eigenvalue weighted by molar-refractivity contribution is 0.117. The fourth-order valence-corrected chi connectivity index (χ4v) is 2.65. The summed E-state index contributed by atoms with van der Waals surface area (Å²) >= 11 is 0. The summed E-state index contributed by atoms with van der Waals surface area (Å²) in [6, 6.07) is 0.465. The Labute approximate surface area is 103 Å². The van der Waals surface area contributed by atoms with Crippen LogP contribution in [0.2, 0.25) is 0 Å². The SMILES string of the molecule is CCn1ccnc1CC(NC)C1COC(C)C1. The fraction of sp³-hybridized carbons (Fsp3) is 0.769. The van der Waals surface area contributed by atoms with Gasteiger partial charge in [-0.3, -0.25) is 0 Å². The Balaban J connectivity index is 2.00. The van der Waals surface area contributed by atoms with Gasteiger partial charge in [-0.05, 0) is 27.3 Å². The van der Waals surface area contributed by atoms with Crippen molar-refractivity contribution >= 4 is 0 Å². The average Bonchev–Trinajstić information content (AvgIpc) is 2.94. The van der Waals surface area contributed by atoms with Gasteiger partial charge in [0.2, 0.25) is 0 Å². The lowest BCUT2D eigenvalue weighted by atomic mass is 9.94. The molecular formula is C13H23N3O. The van der Waals surface area contributed by atoms with E-state index >= 15 is 0 Å². The van der Waals surface area contributed by atoms with Gasteiger partial charge in [0.25, 0.3) is 0 Å². The first-order valence-electron chi connectivity index (χ1n) is 6.53. The van der Waals surface area contributed by atoms with Crippen LogP contribution in [0.1, 0.15) is 26.1 Å². The third-order valence-corrected chi connectivity index (χ3v) is 3.71. The maximum Gasteiger partial charge on any atom is 0.110 e. The molecule has 3 unspecified atom stereocenters. The second-order valence-corrected chi connectivity index (χ2v) is 4.87. The van der Waals surface area contributed by atoms with E-state index in [1.165, 1.54) is 5.82 Å². The van der Waals surface area contributed by atoms with E-state index < -0.39 is 0 Å². The van der Waals surface area contributed by atoms with Crippen LogP contribution in [0, 0.1) is 5.92 Å². The maximum absolute atomic E-state index is 5.66. The summed E-state index contributed by atoms with van der Waals surface area (Å²) in [7, 11) is 2.03. The molecule has 1 aliphatic rings. The zero-order valence-electron chi connectivity index (χ0n) is 11.0. The summed E-state index contributed by atoms with van der Waals surface area (Å²) in [6.45, 7) is 6.17. The normalized spacial score (nSPS) is 26.3. The van der Waals surface area contributed by atoms with Crippen molar-refractivity contribution in [3.63, 3.8) is 0 Å². The van der Waals surface area contributed by atoms with E-state index in [1.54, 1.807) is 0 Å². The van der Waals surface area contributed by atoms with Crippen molar-refractivity contribution in [1.82, 2.24) is 14.9 Å². The molecule has 4 heteroatoms. The monoisotopic (exact) mass is 237 g/mol. The van der Waals surface area contributed by atoms with Crippen LogP contribution in [0.4, 0.5) is 0 Å². The molecule has 0 aliphatic carbocycles. The maximum atomic E-state index is 5.66. The number of hydrogen-bond acceptors (Lipinski definition) is 3. The molecule has 0 aromatic carbocycles. The molecule has 2 heterocycles. The first-order valence-corrected chi connectivity index (χ1v) is 6.53. The molecule has 96 valence electrons. The highest BCUT2D eigenvalue weighted by Crippen LogP contribution is 2.23. The van der Waals surface area contributed by atoms with E-state index in [9.17, 15) is 0 Å². The highest BCUT2D eigenvalue weighted by atomic mass is 16.5. The minimum absolute atomic E-state index is 0.404. The summed E-state index contributed by atoms with van der Waals surface area (Å²) in [5.41, 5.74) is 0. The van der Waals surface area contributed by atoms with Crippen LogP contribution in [0.5, 0.6) is 0 Å². The largest absolute Gasteiger partial charge is 0.378 e. The number of nitrogens with one attached hydrogen (secondary N) is 1. The number of nitrogens with zero attached hydrogens (tertiary/aromatic N) is 2. The van der Waals surface area contributed by atoms with Gasteiger partial charge in [-0.25, -0.2) is 4.98 Å². The van der Waals surface area contributed by atoms with Gasteiger partial charge in [-0.15, -0.1) is 0 Å². The van der Waals surface area contributed by atoms with Crippen LogP contribution in [0.3, 0.4) is 0 Å². The number of likely N-dealkylation sites (N-methyl/N-ethyl adjacent to an activating group) is 1. The first kappa shape index (κ1) is 12.6. The van der Waals surface area contributed by atoms with Gasteiger partial charge < -0.3 is 14.6 Å². The number of aromatic nitrogens is 2. The van der Waals surface area contributed by atoms with Gasteiger partial charge in [0.05, 0.1) is 12.7 Å². The van der Waals surface area contributed by atoms with Crippen molar-refractivity contribution in [2.24, 2.45) is 5.92 Å². The van der Waals surface area contributed by atoms with Gasteiger partial charge in [0.15, 0.2) is 0 Å². The zero-order valence-corrected chi connectivity index (χ0v) is 11.0. The van der Waals surface area contributed by atoms with Crippen LogP contribution in [0.15, 0.2) is 12.4 Å². The molecule has 0 saturated carbocycles. The smallest absolute Gasteiger partial charge is 0.110 e. The Morgan fingerprint density at radius 2 is 2.47 bits per heavy atom. The van der Waals surface area contributed by atoms with Crippen molar-refractivity contribution in [2.45, 2.75) is 45.4 Å². The number of imidazole rings is 1. The fourth-order valence-electron chi connectivity index (χ4n) is 2.65. The van der Waals surface area contributed by atoms with Crippen LogP contribution in [-0.2, 0) is 17.7 Å². The molecule has 1 aromatic heterocycles. The lowest BCUT2D eigenvalue weighted by Crippen LogP contribution is -2.36. The Bertz CT molecular complexity index is 350. The van der Waals surface area contributed by atoms with Crippen molar-refractivity contribution in [2.75, 3.05) is 13.7 Å². The van der Waals surface area contributed by atoms with Crippen molar-refractivity contribution in [1.29, 1.82) is 0 Å². The Hall–Kier alpha value is -0.870. The molecular weight excluding hydrogens is 214 g/mol. The van der Waals surface area contributed by atoms with E-state index in [4.69, 9.17) is 4.74 Å². The molecule has 0 bridgehead atoms. The van der Waals surface area contributed by atoms with Crippen molar-refractivity contribution in [3.8, 4) is 0 Å². The van der Waals surface area contributed by atoms with Crippen molar-refractivity contribution in [3.05, 3.63) is 18.2 Å². The summed E-state index contributed by atoms with van der Waals surface area (Å²) in [5.74, 6) is 1.78. The number of hydrogen-bond donors (Lipinski definition) is 1. The Morgan fingerprint density at radius 3 is 3.06 bits per heavy atom. The van der Waals surface area contributed by atoms with Crippen molar-refractivity contribution < 1.29 is 4.74 Å². The molecule has 2 rings (SSSR count). The predicted octanol–water partition coefficient (Wildman–Crippen LogP) is 1.46. The summed E-state index contributed by atoms with van der Waals surface area (Å²) in [6.07, 6.45) is 6.48. The van der Waals surface area contributed by atoms with Crippen LogP contribution < -0.4 is 5.32 Å². The molecule has 0 radical (unpaired) electrons. The molecule has 3 atom stereocenters. The zero-order chi connectivity index (χ0) is 12.3. The lowest BCUT2D eigenvalue weighted by Gasteiger charge is -2.21. The van der Waals surface area contributed by atoms with Gasteiger partial charge in [0, 0.05) is 37.3 Å². The molecule has 1 saturated heterocycles. The molecule has 0 amide bonds. The Kier molecular flexibility index (Phi) is 4.18. The van der Waals surface area contributed by atoms with Gasteiger partial charge in [-0.2, -0.15) is 0 Å². The second kappa shape index (κ2) is 5.65. The van der Waals surface area contributed by atoms with E-state index in [1.807, 2.05) is 13.2 Å². The third-order valence-electron chi connectivity index (χ3n) is 3.71. The van der Waals surface area contributed by atoms with Crippen LogP contribution >= 0.6 is 0 Å². The second-order valence-electron chi connectivity index (χ2n) is 4.87. The molecule has 1 fully saturated rings. The minimum Gasteiger partial charge on any atom is -0.378 e. The highest BCUT2D eigenvalue weighted by Gasteiger charge is 2.29. The van der Waals surface area contributed by atoms with E-state index in [2.05, 4.69) is 34.9 Å². The van der Waals surface area contributed by atoms with E-state index in [0.717, 1.165) is 26.0 Å². The quantitative estimate of drug-likeness (QED) is 0.842. The molecule has 1 N–H and O–H groups in total. The number of aryl methyl sites for hydroxylation is 1. The molecule has 4 nitrogen and oxygen atoms in total. The van der Waals surface area contributed by atoms with Crippen LogP contribution in [-0.4, -0.2) is 35.4 Å². The summed E-state index contributed by atoms with van der Waals surface area (Å²) in [4.78, 5) is 4.45. The molecule has 0 spiro atoms. The average molecular weight is 237 g/mol. The third kappa shape index (κ3) is 2.87. The first-order chi connectivity index (χ1) is 8.24.